The molecular weight excluding hydrogens is 234 g/mol. The van der Waals surface area contributed by atoms with E-state index in [2.05, 4.69) is 5.32 Å². The van der Waals surface area contributed by atoms with Crippen molar-refractivity contribution in [1.82, 2.24) is 0 Å². The van der Waals surface area contributed by atoms with E-state index >= 15 is 0 Å². The van der Waals surface area contributed by atoms with Crippen molar-refractivity contribution in [3.63, 3.8) is 0 Å². The molecule has 0 aliphatic rings. The molecule has 0 aromatic heterocycles. The van der Waals surface area contributed by atoms with Crippen LogP contribution >= 0.6 is 0 Å². The van der Waals surface area contributed by atoms with Crippen LogP contribution in [-0.4, -0.2) is 24.2 Å². The molecule has 0 radical (unpaired) electrons. The summed E-state index contributed by atoms with van der Waals surface area (Å²) in [6.07, 6.45) is 0. The lowest BCUT2D eigenvalue weighted by Gasteiger charge is -2.15. The summed E-state index contributed by atoms with van der Waals surface area (Å²) in [6, 6.07) is 6.11. The van der Waals surface area contributed by atoms with Gasteiger partial charge >= 0.3 is 0 Å². The molecule has 0 aliphatic heterocycles. The van der Waals surface area contributed by atoms with Gasteiger partial charge in [0.25, 0.3) is 5.69 Å². The quantitative estimate of drug-likeness (QED) is 0.617. The van der Waals surface area contributed by atoms with Crippen LogP contribution in [0.25, 0.3) is 0 Å². The minimum absolute atomic E-state index is 0.0441. The zero-order valence-corrected chi connectivity index (χ0v) is 10.3. The first-order valence-corrected chi connectivity index (χ1v) is 5.61. The van der Waals surface area contributed by atoms with E-state index in [-0.39, 0.29) is 11.7 Å². The zero-order chi connectivity index (χ0) is 13.5. The highest BCUT2D eigenvalue weighted by Crippen LogP contribution is 2.25. The Morgan fingerprint density at radius 2 is 2.33 bits per heavy atom. The molecule has 0 saturated heterocycles. The fraction of sp³-hybridized carbons (Fsp3) is 0.417. The molecule has 6 heteroatoms. The molecule has 0 saturated carbocycles. The lowest BCUT2D eigenvalue weighted by molar-refractivity contribution is -0.384. The lowest BCUT2D eigenvalue weighted by Crippen LogP contribution is -2.22. The molecule has 96 valence electrons. The predicted octanol–water partition coefficient (Wildman–Crippen LogP) is 2.30. The van der Waals surface area contributed by atoms with E-state index in [4.69, 9.17) is 10.00 Å². The number of nitrogens with one attached hydrogen (secondary N) is 1. The van der Waals surface area contributed by atoms with Gasteiger partial charge in [-0.2, -0.15) is 5.26 Å². The molecule has 1 N–H and O–H groups in total. The van der Waals surface area contributed by atoms with Gasteiger partial charge in [0.05, 0.1) is 23.2 Å². The number of ether oxygens (including phenoxy) is 1. The third kappa shape index (κ3) is 3.71. The van der Waals surface area contributed by atoms with Crippen molar-refractivity contribution in [2.24, 2.45) is 0 Å². The second-order valence-corrected chi connectivity index (χ2v) is 3.81. The second-order valence-electron chi connectivity index (χ2n) is 3.81. The largest absolute Gasteiger partial charge is 0.380 e. The third-order valence-electron chi connectivity index (χ3n) is 2.30. The molecule has 18 heavy (non-hydrogen) atoms. The number of hydrogen-bond acceptors (Lipinski definition) is 5. The highest BCUT2D eigenvalue weighted by atomic mass is 16.6. The third-order valence-corrected chi connectivity index (χ3v) is 2.30. The molecule has 0 heterocycles. The number of nitrogens with zero attached hydrogens (tertiary/aromatic N) is 2. The van der Waals surface area contributed by atoms with Gasteiger partial charge in [-0.05, 0) is 26.0 Å². The Bertz CT molecular complexity index is 468. The van der Waals surface area contributed by atoms with Crippen LogP contribution < -0.4 is 5.32 Å². The molecule has 0 spiro atoms. The molecule has 1 aromatic carbocycles. The van der Waals surface area contributed by atoms with Crippen LogP contribution in [0.1, 0.15) is 19.4 Å². The SMILES string of the molecule is CCOCC(C)Nc1cc(C#N)ccc1[N+](=O)[O-]. The second kappa shape index (κ2) is 6.57. The topological polar surface area (TPSA) is 88.2 Å². The molecule has 1 aromatic rings. The molecule has 6 nitrogen and oxygen atoms in total. The van der Waals surface area contributed by atoms with Crippen molar-refractivity contribution in [1.29, 1.82) is 5.26 Å². The fourth-order valence-corrected chi connectivity index (χ4v) is 1.48. The molecular formula is C12H15N3O3. The van der Waals surface area contributed by atoms with E-state index in [1.807, 2.05) is 19.9 Å². The van der Waals surface area contributed by atoms with Crippen molar-refractivity contribution in [3.8, 4) is 6.07 Å². The highest BCUT2D eigenvalue weighted by Gasteiger charge is 2.15. The van der Waals surface area contributed by atoms with Crippen molar-refractivity contribution in [2.45, 2.75) is 19.9 Å². The normalized spacial score (nSPS) is 11.6. The molecule has 0 fully saturated rings. The monoisotopic (exact) mass is 249 g/mol. The summed E-state index contributed by atoms with van der Waals surface area (Å²) in [5.41, 5.74) is 0.676. The summed E-state index contributed by atoms with van der Waals surface area (Å²) < 4.78 is 5.23. The van der Waals surface area contributed by atoms with Gasteiger partial charge in [-0.3, -0.25) is 10.1 Å². The maximum Gasteiger partial charge on any atom is 0.292 e. The predicted molar refractivity (Wildman–Crippen MR) is 67.4 cm³/mol. The molecule has 0 aliphatic carbocycles. The maximum absolute atomic E-state index is 10.9. The van der Waals surface area contributed by atoms with Crippen LogP contribution in [-0.2, 0) is 4.74 Å². The van der Waals surface area contributed by atoms with Crippen LogP contribution in [0.4, 0.5) is 11.4 Å². The van der Waals surface area contributed by atoms with E-state index in [1.54, 1.807) is 0 Å². The first-order chi connectivity index (χ1) is 8.58. The van der Waals surface area contributed by atoms with Gasteiger partial charge in [0.1, 0.15) is 5.69 Å². The Labute approximate surface area is 105 Å². The summed E-state index contributed by atoms with van der Waals surface area (Å²) in [5.74, 6) is 0. The van der Waals surface area contributed by atoms with Gasteiger partial charge in [-0.1, -0.05) is 0 Å². The van der Waals surface area contributed by atoms with Gasteiger partial charge in [-0.25, -0.2) is 0 Å². The minimum atomic E-state index is -0.475. The van der Waals surface area contributed by atoms with Crippen molar-refractivity contribution >= 4 is 11.4 Å². The number of nitro groups is 1. The van der Waals surface area contributed by atoms with E-state index in [9.17, 15) is 10.1 Å². The van der Waals surface area contributed by atoms with Crippen LogP contribution in [0.15, 0.2) is 18.2 Å². The van der Waals surface area contributed by atoms with Crippen LogP contribution in [0.2, 0.25) is 0 Å². The smallest absolute Gasteiger partial charge is 0.292 e. The van der Waals surface area contributed by atoms with E-state index in [1.165, 1.54) is 18.2 Å². The molecule has 0 amide bonds. The summed E-state index contributed by atoms with van der Waals surface area (Å²) in [7, 11) is 0. The van der Waals surface area contributed by atoms with E-state index in [0.29, 0.717) is 24.5 Å². The van der Waals surface area contributed by atoms with Gasteiger partial charge in [0.2, 0.25) is 0 Å². The summed E-state index contributed by atoms with van der Waals surface area (Å²) in [6.45, 7) is 4.78. The van der Waals surface area contributed by atoms with Crippen molar-refractivity contribution < 1.29 is 9.66 Å². The number of nitro benzene ring substituents is 1. The number of benzene rings is 1. The van der Waals surface area contributed by atoms with Gasteiger partial charge < -0.3 is 10.1 Å². The average Bonchev–Trinajstić information content (AvgIpc) is 2.35. The van der Waals surface area contributed by atoms with Gasteiger partial charge in [0.15, 0.2) is 0 Å². The first-order valence-electron chi connectivity index (χ1n) is 5.61. The Balaban J connectivity index is 2.91. The van der Waals surface area contributed by atoms with Crippen LogP contribution in [0.3, 0.4) is 0 Å². The Morgan fingerprint density at radius 3 is 2.89 bits per heavy atom. The number of anilines is 1. The Hall–Kier alpha value is -2.13. The van der Waals surface area contributed by atoms with E-state index < -0.39 is 4.92 Å². The van der Waals surface area contributed by atoms with E-state index in [0.717, 1.165) is 0 Å². The fourth-order valence-electron chi connectivity index (χ4n) is 1.48. The average molecular weight is 249 g/mol. The molecule has 1 rings (SSSR count). The summed E-state index contributed by atoms with van der Waals surface area (Å²) in [5, 5.41) is 22.6. The maximum atomic E-state index is 10.9. The first kappa shape index (κ1) is 13.9. The van der Waals surface area contributed by atoms with Gasteiger partial charge in [0, 0.05) is 18.7 Å². The van der Waals surface area contributed by atoms with Crippen LogP contribution in [0.5, 0.6) is 0 Å². The number of hydrogen-bond donors (Lipinski definition) is 1. The summed E-state index contributed by atoms with van der Waals surface area (Å²) >= 11 is 0. The Morgan fingerprint density at radius 1 is 1.61 bits per heavy atom. The molecule has 1 unspecified atom stereocenters. The standard InChI is InChI=1S/C12H15N3O3/c1-3-18-8-9(2)14-11-6-10(7-13)4-5-12(11)15(16)17/h4-6,9,14H,3,8H2,1-2H3. The number of rotatable bonds is 6. The van der Waals surface area contributed by atoms with Crippen molar-refractivity contribution in [3.05, 3.63) is 33.9 Å². The number of nitriles is 1. The van der Waals surface area contributed by atoms with Crippen molar-refractivity contribution in [2.75, 3.05) is 18.5 Å². The minimum Gasteiger partial charge on any atom is -0.380 e. The summed E-state index contributed by atoms with van der Waals surface area (Å²) in [4.78, 5) is 10.4. The Kier molecular flexibility index (Phi) is 5.08. The van der Waals surface area contributed by atoms with Crippen LogP contribution in [0, 0.1) is 21.4 Å². The molecule has 1 atom stereocenters. The highest BCUT2D eigenvalue weighted by molar-refractivity contribution is 5.64. The van der Waals surface area contributed by atoms with Gasteiger partial charge in [-0.15, -0.1) is 0 Å². The molecule has 0 bridgehead atoms. The zero-order valence-electron chi connectivity index (χ0n) is 10.3. The lowest BCUT2D eigenvalue weighted by atomic mass is 10.1.